The predicted molar refractivity (Wildman–Crippen MR) is 96.5 cm³/mol. The van der Waals surface area contributed by atoms with Crippen molar-refractivity contribution in [2.24, 2.45) is 0 Å². The molecule has 0 aliphatic rings. The van der Waals surface area contributed by atoms with Crippen LogP contribution in [0.3, 0.4) is 0 Å². The molecule has 1 amide bonds. The molecule has 0 aliphatic carbocycles. The molecule has 4 nitrogen and oxygen atoms in total. The van der Waals surface area contributed by atoms with E-state index in [9.17, 15) is 4.79 Å². The molecule has 0 unspecified atom stereocenters. The number of rotatable bonds is 6. The molecule has 1 N–H and O–H groups in total. The van der Waals surface area contributed by atoms with E-state index in [4.69, 9.17) is 11.6 Å². The molecule has 0 fully saturated rings. The van der Waals surface area contributed by atoms with E-state index >= 15 is 0 Å². The van der Waals surface area contributed by atoms with Crippen molar-refractivity contribution in [2.45, 2.75) is 44.8 Å². The fourth-order valence-corrected chi connectivity index (χ4v) is 3.00. The Hall–Kier alpha value is -1.46. The molecule has 1 aromatic carbocycles. The standard InChI is InChI=1S/C17H22ClN3OS/c1-5-17(3,4)20-15(22)11-23-16-19-9-10-21(16)14-8-6-7-13(18)12(14)2/h6-10H,5,11H2,1-4H3,(H,20,22). The van der Waals surface area contributed by atoms with Gasteiger partial charge in [-0.05, 0) is 44.9 Å². The zero-order valence-electron chi connectivity index (χ0n) is 13.9. The molecule has 0 saturated carbocycles. The van der Waals surface area contributed by atoms with E-state index < -0.39 is 0 Å². The van der Waals surface area contributed by atoms with Crippen LogP contribution in [0.4, 0.5) is 0 Å². The van der Waals surface area contributed by atoms with Gasteiger partial charge < -0.3 is 5.32 Å². The van der Waals surface area contributed by atoms with Gasteiger partial charge in [0.2, 0.25) is 5.91 Å². The first-order chi connectivity index (χ1) is 10.8. The van der Waals surface area contributed by atoms with Gasteiger partial charge in [0, 0.05) is 23.0 Å². The van der Waals surface area contributed by atoms with Gasteiger partial charge in [0.1, 0.15) is 0 Å². The fraction of sp³-hybridized carbons (Fsp3) is 0.412. The van der Waals surface area contributed by atoms with E-state index in [1.54, 1.807) is 6.20 Å². The highest BCUT2D eigenvalue weighted by atomic mass is 35.5. The van der Waals surface area contributed by atoms with Gasteiger partial charge in [0.15, 0.2) is 5.16 Å². The topological polar surface area (TPSA) is 46.9 Å². The molecule has 0 aliphatic heterocycles. The maximum absolute atomic E-state index is 12.1. The normalized spacial score (nSPS) is 11.5. The number of carbonyl (C=O) groups excluding carboxylic acids is 1. The molecule has 124 valence electrons. The summed E-state index contributed by atoms with van der Waals surface area (Å²) in [7, 11) is 0. The van der Waals surface area contributed by atoms with Crippen molar-refractivity contribution in [2.75, 3.05) is 5.75 Å². The number of imidazole rings is 1. The fourth-order valence-electron chi connectivity index (χ4n) is 2.07. The van der Waals surface area contributed by atoms with Crippen LogP contribution in [-0.4, -0.2) is 26.8 Å². The van der Waals surface area contributed by atoms with Crippen LogP contribution in [0.15, 0.2) is 35.7 Å². The van der Waals surface area contributed by atoms with Crippen molar-refractivity contribution in [3.8, 4) is 5.69 Å². The van der Waals surface area contributed by atoms with Gasteiger partial charge in [0.25, 0.3) is 0 Å². The number of hydrogen-bond acceptors (Lipinski definition) is 3. The van der Waals surface area contributed by atoms with Crippen LogP contribution >= 0.6 is 23.4 Å². The molecule has 1 aromatic heterocycles. The zero-order valence-corrected chi connectivity index (χ0v) is 15.5. The van der Waals surface area contributed by atoms with Crippen LogP contribution in [0.1, 0.15) is 32.8 Å². The number of nitrogens with zero attached hydrogens (tertiary/aromatic N) is 2. The smallest absolute Gasteiger partial charge is 0.230 e. The first-order valence-electron chi connectivity index (χ1n) is 7.56. The summed E-state index contributed by atoms with van der Waals surface area (Å²) in [5, 5.41) is 4.53. The number of hydrogen-bond donors (Lipinski definition) is 1. The molecular formula is C17H22ClN3OS. The van der Waals surface area contributed by atoms with Gasteiger partial charge in [0.05, 0.1) is 11.4 Å². The van der Waals surface area contributed by atoms with Crippen molar-refractivity contribution < 1.29 is 4.79 Å². The van der Waals surface area contributed by atoms with Crippen LogP contribution in [0.5, 0.6) is 0 Å². The lowest BCUT2D eigenvalue weighted by atomic mass is 10.0. The predicted octanol–water partition coefficient (Wildman–Crippen LogP) is 4.23. The lowest BCUT2D eigenvalue weighted by Gasteiger charge is -2.24. The second-order valence-electron chi connectivity index (χ2n) is 6.04. The number of aromatic nitrogens is 2. The summed E-state index contributed by atoms with van der Waals surface area (Å²) in [6.45, 7) is 8.07. The highest BCUT2D eigenvalue weighted by molar-refractivity contribution is 7.99. The second kappa shape index (κ2) is 7.41. The Labute approximate surface area is 146 Å². The first-order valence-corrected chi connectivity index (χ1v) is 8.93. The Morgan fingerprint density at radius 1 is 1.43 bits per heavy atom. The van der Waals surface area contributed by atoms with Gasteiger partial charge in [-0.2, -0.15) is 0 Å². The minimum atomic E-state index is -0.184. The van der Waals surface area contributed by atoms with E-state index in [1.807, 2.05) is 49.7 Å². The van der Waals surface area contributed by atoms with Crippen LogP contribution in [-0.2, 0) is 4.79 Å². The second-order valence-corrected chi connectivity index (χ2v) is 7.39. The van der Waals surface area contributed by atoms with Gasteiger partial charge in [-0.25, -0.2) is 4.98 Å². The third-order valence-electron chi connectivity index (χ3n) is 3.80. The summed E-state index contributed by atoms with van der Waals surface area (Å²) < 4.78 is 1.96. The van der Waals surface area contributed by atoms with Gasteiger partial charge >= 0.3 is 0 Å². The monoisotopic (exact) mass is 351 g/mol. The third-order valence-corrected chi connectivity index (χ3v) is 5.18. The third kappa shape index (κ3) is 4.52. The molecule has 2 rings (SSSR count). The summed E-state index contributed by atoms with van der Waals surface area (Å²) >= 11 is 7.61. The minimum absolute atomic E-state index is 0.0132. The number of amides is 1. The van der Waals surface area contributed by atoms with Crippen LogP contribution in [0.2, 0.25) is 5.02 Å². The van der Waals surface area contributed by atoms with Gasteiger partial charge in [-0.15, -0.1) is 0 Å². The first kappa shape index (κ1) is 17.9. The molecule has 0 saturated heterocycles. The molecule has 0 bridgehead atoms. The quantitative estimate of drug-likeness (QED) is 0.792. The van der Waals surface area contributed by atoms with Crippen molar-refractivity contribution in [3.63, 3.8) is 0 Å². The SMILES string of the molecule is CCC(C)(C)NC(=O)CSc1nccn1-c1cccc(Cl)c1C. The van der Waals surface area contributed by atoms with Crippen LogP contribution in [0, 0.1) is 6.92 Å². The summed E-state index contributed by atoms with van der Waals surface area (Å²) in [5.74, 6) is 0.347. The molecule has 0 spiro atoms. The number of carbonyl (C=O) groups is 1. The summed E-state index contributed by atoms with van der Waals surface area (Å²) in [4.78, 5) is 16.4. The highest BCUT2D eigenvalue weighted by Crippen LogP contribution is 2.26. The average molecular weight is 352 g/mol. The summed E-state index contributed by atoms with van der Waals surface area (Å²) in [6.07, 6.45) is 4.51. The van der Waals surface area contributed by atoms with Crippen LogP contribution in [0.25, 0.3) is 5.69 Å². The number of halogens is 1. The number of nitrogens with one attached hydrogen (secondary N) is 1. The van der Waals surface area contributed by atoms with Crippen molar-refractivity contribution in [1.29, 1.82) is 0 Å². The maximum Gasteiger partial charge on any atom is 0.230 e. The van der Waals surface area contributed by atoms with E-state index in [0.29, 0.717) is 5.75 Å². The molecule has 0 atom stereocenters. The lowest BCUT2D eigenvalue weighted by Crippen LogP contribution is -2.43. The van der Waals surface area contributed by atoms with E-state index in [0.717, 1.165) is 27.9 Å². The molecule has 6 heteroatoms. The Morgan fingerprint density at radius 3 is 2.87 bits per heavy atom. The molecule has 0 radical (unpaired) electrons. The van der Waals surface area contributed by atoms with Crippen molar-refractivity contribution in [3.05, 3.63) is 41.2 Å². The largest absolute Gasteiger partial charge is 0.351 e. The number of benzene rings is 1. The van der Waals surface area contributed by atoms with E-state index in [-0.39, 0.29) is 11.4 Å². The number of thioether (sulfide) groups is 1. The lowest BCUT2D eigenvalue weighted by molar-refractivity contribution is -0.120. The summed E-state index contributed by atoms with van der Waals surface area (Å²) in [6, 6.07) is 5.77. The molecular weight excluding hydrogens is 330 g/mol. The molecule has 23 heavy (non-hydrogen) atoms. The average Bonchev–Trinajstić information content (AvgIpc) is 2.96. The molecule has 1 heterocycles. The Bertz CT molecular complexity index is 697. The van der Waals surface area contributed by atoms with Crippen molar-refractivity contribution in [1.82, 2.24) is 14.9 Å². The molecule has 2 aromatic rings. The van der Waals surface area contributed by atoms with E-state index in [1.165, 1.54) is 11.8 Å². The Kier molecular flexibility index (Phi) is 5.76. The van der Waals surface area contributed by atoms with E-state index in [2.05, 4.69) is 17.2 Å². The Balaban J connectivity index is 2.10. The van der Waals surface area contributed by atoms with Crippen LogP contribution < -0.4 is 5.32 Å². The Morgan fingerprint density at radius 2 is 2.17 bits per heavy atom. The maximum atomic E-state index is 12.1. The van der Waals surface area contributed by atoms with Crippen molar-refractivity contribution >= 4 is 29.3 Å². The van der Waals surface area contributed by atoms with Gasteiger partial charge in [-0.1, -0.05) is 36.4 Å². The minimum Gasteiger partial charge on any atom is -0.351 e. The zero-order chi connectivity index (χ0) is 17.0. The van der Waals surface area contributed by atoms with Gasteiger partial charge in [-0.3, -0.25) is 9.36 Å². The highest BCUT2D eigenvalue weighted by Gasteiger charge is 2.18. The summed E-state index contributed by atoms with van der Waals surface area (Å²) in [5.41, 5.74) is 1.79.